The number of non-ortho nitro benzene ring substituents is 1. The topological polar surface area (TPSA) is 130 Å². The number of nitrogens with one attached hydrogen (secondary N) is 3. The summed E-state index contributed by atoms with van der Waals surface area (Å²) in [6.07, 6.45) is 2.64. The van der Waals surface area contributed by atoms with E-state index in [-0.39, 0.29) is 17.5 Å². The molecular formula is C20H20N4O5. The molecule has 2 aromatic rings. The number of nitrogens with zero attached hydrogens (tertiary/aromatic N) is 1. The number of anilines is 1. The van der Waals surface area contributed by atoms with Crippen LogP contribution in [0.4, 0.5) is 11.4 Å². The molecule has 0 saturated heterocycles. The van der Waals surface area contributed by atoms with Gasteiger partial charge in [-0.05, 0) is 48.0 Å². The Bertz CT molecular complexity index is 934. The third-order valence-electron chi connectivity index (χ3n) is 3.77. The number of nitro benzene ring substituents is 1. The summed E-state index contributed by atoms with van der Waals surface area (Å²) in [6.45, 7) is 3.55. The van der Waals surface area contributed by atoms with Gasteiger partial charge in [-0.15, -0.1) is 0 Å². The molecular weight excluding hydrogens is 376 g/mol. The first kappa shape index (κ1) is 21.3. The molecule has 0 saturated carbocycles. The summed E-state index contributed by atoms with van der Waals surface area (Å²) in [6, 6.07) is 11.9. The van der Waals surface area contributed by atoms with Crippen LogP contribution in [0, 0.1) is 16.0 Å². The van der Waals surface area contributed by atoms with Crippen molar-refractivity contribution in [2.24, 2.45) is 5.92 Å². The molecule has 9 heteroatoms. The number of hydrazine groups is 1. The van der Waals surface area contributed by atoms with Crippen molar-refractivity contribution in [3.8, 4) is 0 Å². The molecule has 0 atom stereocenters. The van der Waals surface area contributed by atoms with Crippen molar-refractivity contribution in [2.75, 3.05) is 5.32 Å². The van der Waals surface area contributed by atoms with Crippen LogP contribution in [0.5, 0.6) is 0 Å². The van der Waals surface area contributed by atoms with Crippen molar-refractivity contribution in [1.29, 1.82) is 0 Å². The average molecular weight is 396 g/mol. The van der Waals surface area contributed by atoms with Crippen LogP contribution in [-0.4, -0.2) is 22.6 Å². The predicted octanol–water partition coefficient (Wildman–Crippen LogP) is 2.66. The lowest BCUT2D eigenvalue weighted by Gasteiger charge is -2.09. The SMILES string of the molecule is CC(C)C(=O)Nc1ccc(C(=O)NNC(=O)/C=C/c2ccc([N+](=O)[O-])cc2)cc1. The lowest BCUT2D eigenvalue weighted by atomic mass is 10.1. The van der Waals surface area contributed by atoms with E-state index in [2.05, 4.69) is 16.2 Å². The fourth-order valence-electron chi connectivity index (χ4n) is 2.10. The number of rotatable bonds is 6. The zero-order valence-corrected chi connectivity index (χ0v) is 15.8. The smallest absolute Gasteiger partial charge is 0.269 e. The molecule has 0 aliphatic carbocycles. The molecule has 0 spiro atoms. The molecule has 0 unspecified atom stereocenters. The Kier molecular flexibility index (Phi) is 7.19. The van der Waals surface area contributed by atoms with E-state index in [1.54, 1.807) is 26.0 Å². The average Bonchev–Trinajstić information content (AvgIpc) is 2.71. The minimum Gasteiger partial charge on any atom is -0.326 e. The monoisotopic (exact) mass is 396 g/mol. The van der Waals surface area contributed by atoms with E-state index in [1.807, 2.05) is 0 Å². The molecule has 0 radical (unpaired) electrons. The van der Waals surface area contributed by atoms with E-state index >= 15 is 0 Å². The minimum absolute atomic E-state index is 0.0475. The maximum Gasteiger partial charge on any atom is 0.269 e. The molecule has 29 heavy (non-hydrogen) atoms. The van der Waals surface area contributed by atoms with Gasteiger partial charge in [0.25, 0.3) is 17.5 Å². The van der Waals surface area contributed by atoms with Gasteiger partial charge in [0.15, 0.2) is 0 Å². The number of carbonyl (C=O) groups excluding carboxylic acids is 3. The Morgan fingerprint density at radius 3 is 2.14 bits per heavy atom. The molecule has 0 heterocycles. The summed E-state index contributed by atoms with van der Waals surface area (Å²) in [5, 5.41) is 13.3. The van der Waals surface area contributed by atoms with Crippen molar-refractivity contribution < 1.29 is 19.3 Å². The number of carbonyl (C=O) groups is 3. The number of nitro groups is 1. The first-order valence-corrected chi connectivity index (χ1v) is 8.70. The van der Waals surface area contributed by atoms with Gasteiger partial charge in [0.05, 0.1) is 4.92 Å². The molecule has 9 nitrogen and oxygen atoms in total. The van der Waals surface area contributed by atoms with Gasteiger partial charge in [-0.3, -0.25) is 35.3 Å². The van der Waals surface area contributed by atoms with Gasteiger partial charge in [-0.25, -0.2) is 0 Å². The molecule has 2 rings (SSSR count). The molecule has 2 aromatic carbocycles. The quantitative estimate of drug-likeness (QED) is 0.392. The largest absolute Gasteiger partial charge is 0.326 e. The van der Waals surface area contributed by atoms with E-state index in [0.717, 1.165) is 0 Å². The summed E-state index contributed by atoms with van der Waals surface area (Å²) >= 11 is 0. The Balaban J connectivity index is 1.85. The van der Waals surface area contributed by atoms with E-state index in [4.69, 9.17) is 0 Å². The third-order valence-corrected chi connectivity index (χ3v) is 3.77. The highest BCUT2D eigenvalue weighted by molar-refractivity contribution is 5.98. The second-order valence-electron chi connectivity index (χ2n) is 6.35. The highest BCUT2D eigenvalue weighted by Crippen LogP contribution is 2.13. The molecule has 0 aliphatic heterocycles. The van der Waals surface area contributed by atoms with E-state index < -0.39 is 16.7 Å². The van der Waals surface area contributed by atoms with Crippen LogP contribution in [0.25, 0.3) is 6.08 Å². The fourth-order valence-corrected chi connectivity index (χ4v) is 2.10. The molecule has 3 amide bonds. The third kappa shape index (κ3) is 6.58. The first-order valence-electron chi connectivity index (χ1n) is 8.70. The zero-order chi connectivity index (χ0) is 21.4. The number of benzene rings is 2. The molecule has 0 aromatic heterocycles. The summed E-state index contributed by atoms with van der Waals surface area (Å²) in [4.78, 5) is 45.6. The zero-order valence-electron chi connectivity index (χ0n) is 15.8. The number of hydrogen-bond acceptors (Lipinski definition) is 5. The maximum atomic E-state index is 12.1. The summed E-state index contributed by atoms with van der Waals surface area (Å²) < 4.78 is 0. The fraction of sp³-hybridized carbons (Fsp3) is 0.150. The minimum atomic E-state index is -0.572. The van der Waals surface area contributed by atoms with Crippen molar-refractivity contribution in [2.45, 2.75) is 13.8 Å². The molecule has 0 bridgehead atoms. The van der Waals surface area contributed by atoms with Crippen LogP contribution < -0.4 is 16.2 Å². The predicted molar refractivity (Wildman–Crippen MR) is 108 cm³/mol. The second-order valence-corrected chi connectivity index (χ2v) is 6.35. The lowest BCUT2D eigenvalue weighted by molar-refractivity contribution is -0.384. The summed E-state index contributed by atoms with van der Waals surface area (Å²) in [5.41, 5.74) is 5.92. The van der Waals surface area contributed by atoms with Crippen molar-refractivity contribution in [3.05, 3.63) is 75.8 Å². The van der Waals surface area contributed by atoms with Crippen molar-refractivity contribution in [3.63, 3.8) is 0 Å². The Labute approximate surface area is 166 Å². The van der Waals surface area contributed by atoms with Crippen LogP contribution in [0.2, 0.25) is 0 Å². The molecule has 0 aliphatic rings. The van der Waals surface area contributed by atoms with Crippen molar-refractivity contribution >= 4 is 35.2 Å². The Morgan fingerprint density at radius 1 is 0.966 bits per heavy atom. The van der Waals surface area contributed by atoms with Gasteiger partial charge >= 0.3 is 0 Å². The summed E-state index contributed by atoms with van der Waals surface area (Å²) in [5.74, 6) is -1.39. The Morgan fingerprint density at radius 2 is 1.59 bits per heavy atom. The van der Waals surface area contributed by atoms with Crippen LogP contribution in [-0.2, 0) is 9.59 Å². The number of amides is 3. The Hall–Kier alpha value is -4.01. The summed E-state index contributed by atoms with van der Waals surface area (Å²) in [7, 11) is 0. The second kappa shape index (κ2) is 9.79. The normalized spacial score (nSPS) is 10.6. The highest BCUT2D eigenvalue weighted by atomic mass is 16.6. The van der Waals surface area contributed by atoms with Gasteiger partial charge in [0.1, 0.15) is 0 Å². The van der Waals surface area contributed by atoms with Crippen LogP contribution >= 0.6 is 0 Å². The molecule has 150 valence electrons. The van der Waals surface area contributed by atoms with Gasteiger partial charge < -0.3 is 5.32 Å². The van der Waals surface area contributed by atoms with Crippen molar-refractivity contribution in [1.82, 2.24) is 10.9 Å². The van der Waals surface area contributed by atoms with Gasteiger partial charge in [0, 0.05) is 35.4 Å². The first-order chi connectivity index (χ1) is 13.8. The molecule has 0 fully saturated rings. The highest BCUT2D eigenvalue weighted by Gasteiger charge is 2.09. The van der Waals surface area contributed by atoms with Gasteiger partial charge in [0.2, 0.25) is 5.91 Å². The van der Waals surface area contributed by atoms with E-state index in [9.17, 15) is 24.5 Å². The van der Waals surface area contributed by atoms with Gasteiger partial charge in [-0.2, -0.15) is 0 Å². The standard InChI is InChI=1S/C20H20N4O5/c1-13(2)19(26)21-16-8-6-15(7-9-16)20(27)23-22-18(25)12-5-14-3-10-17(11-4-14)24(28)29/h3-13H,1-2H3,(H,21,26)(H,22,25)(H,23,27)/b12-5+. The maximum absolute atomic E-state index is 12.1. The van der Waals surface area contributed by atoms with Gasteiger partial charge in [-0.1, -0.05) is 13.8 Å². The van der Waals surface area contributed by atoms with Crippen LogP contribution in [0.3, 0.4) is 0 Å². The number of hydrogen-bond donors (Lipinski definition) is 3. The molecule has 3 N–H and O–H groups in total. The van der Waals surface area contributed by atoms with E-state index in [1.165, 1.54) is 48.6 Å². The van der Waals surface area contributed by atoms with Crippen LogP contribution in [0.15, 0.2) is 54.6 Å². The van der Waals surface area contributed by atoms with Crippen LogP contribution in [0.1, 0.15) is 29.8 Å². The van der Waals surface area contributed by atoms with E-state index in [0.29, 0.717) is 16.8 Å². The lowest BCUT2D eigenvalue weighted by Crippen LogP contribution is -2.40.